The maximum absolute atomic E-state index is 12.8. The zero-order valence-electron chi connectivity index (χ0n) is 12.6. The molecule has 0 radical (unpaired) electrons. The van der Waals surface area contributed by atoms with Crippen molar-refractivity contribution >= 4 is 22.4 Å². The molecule has 0 fully saturated rings. The number of hydrogen-bond donors (Lipinski definition) is 0. The molecular formula is C17H16F3NO. The lowest BCUT2D eigenvalue weighted by atomic mass is 9.83. The highest BCUT2D eigenvalue weighted by molar-refractivity contribution is 6.25. The van der Waals surface area contributed by atoms with Crippen molar-refractivity contribution in [1.82, 2.24) is 0 Å². The van der Waals surface area contributed by atoms with Gasteiger partial charge in [-0.15, -0.1) is 0 Å². The van der Waals surface area contributed by atoms with Crippen molar-refractivity contribution in [3.8, 4) is 0 Å². The number of carbonyl (C=O) groups is 1. The molecule has 1 amide bonds. The summed E-state index contributed by atoms with van der Waals surface area (Å²) in [5, 5.41) is 1.48. The van der Waals surface area contributed by atoms with Crippen LogP contribution in [0, 0.1) is 0 Å². The Bertz CT molecular complexity index is 772. The fourth-order valence-corrected chi connectivity index (χ4v) is 3.04. The van der Waals surface area contributed by atoms with E-state index >= 15 is 0 Å². The van der Waals surface area contributed by atoms with Crippen LogP contribution >= 0.6 is 0 Å². The number of halogens is 3. The van der Waals surface area contributed by atoms with Gasteiger partial charge in [0, 0.05) is 10.9 Å². The monoisotopic (exact) mass is 307 g/mol. The second kappa shape index (κ2) is 4.48. The maximum atomic E-state index is 12.8. The van der Waals surface area contributed by atoms with Gasteiger partial charge in [-0.25, -0.2) is 0 Å². The van der Waals surface area contributed by atoms with Gasteiger partial charge in [-0.3, -0.25) is 9.69 Å². The summed E-state index contributed by atoms with van der Waals surface area (Å²) in [6.45, 7) is 4.87. The minimum Gasteiger partial charge on any atom is -0.299 e. The van der Waals surface area contributed by atoms with Crippen LogP contribution in [0.1, 0.15) is 36.7 Å². The van der Waals surface area contributed by atoms with E-state index in [1.165, 1.54) is 0 Å². The topological polar surface area (TPSA) is 20.3 Å². The largest absolute Gasteiger partial charge is 0.406 e. The van der Waals surface area contributed by atoms with Crippen LogP contribution in [-0.2, 0) is 5.41 Å². The molecule has 0 bridgehead atoms. The van der Waals surface area contributed by atoms with Gasteiger partial charge in [-0.05, 0) is 28.5 Å². The van der Waals surface area contributed by atoms with Gasteiger partial charge >= 0.3 is 6.18 Å². The second-order valence-corrected chi connectivity index (χ2v) is 6.62. The first kappa shape index (κ1) is 14.9. The molecule has 2 aromatic carbocycles. The smallest absolute Gasteiger partial charge is 0.299 e. The summed E-state index contributed by atoms with van der Waals surface area (Å²) >= 11 is 0. The molecule has 1 aliphatic rings. The van der Waals surface area contributed by atoms with Crippen LogP contribution in [0.3, 0.4) is 0 Å². The summed E-state index contributed by atoms with van der Waals surface area (Å²) in [5.41, 5.74) is 1.57. The molecule has 0 aromatic heterocycles. The van der Waals surface area contributed by atoms with E-state index in [4.69, 9.17) is 0 Å². The van der Waals surface area contributed by atoms with Gasteiger partial charge in [0.15, 0.2) is 0 Å². The zero-order chi connectivity index (χ0) is 16.3. The number of alkyl halides is 3. The van der Waals surface area contributed by atoms with E-state index < -0.39 is 18.6 Å². The standard InChI is InChI=1S/C17H16F3NO/c1-16(2,3)12-7-8-13-14-10(12)5-4-6-11(14)15(22)21(13)9-17(18,19)20/h4-8H,9H2,1-3H3. The normalized spacial score (nSPS) is 15.0. The van der Waals surface area contributed by atoms with Crippen LogP contribution in [0.2, 0.25) is 0 Å². The summed E-state index contributed by atoms with van der Waals surface area (Å²) in [7, 11) is 0. The fraction of sp³-hybridized carbons (Fsp3) is 0.353. The summed E-state index contributed by atoms with van der Waals surface area (Å²) in [4.78, 5) is 13.2. The van der Waals surface area contributed by atoms with E-state index in [0.717, 1.165) is 15.8 Å². The Morgan fingerprint density at radius 2 is 1.73 bits per heavy atom. The van der Waals surface area contributed by atoms with Crippen LogP contribution < -0.4 is 4.90 Å². The number of amides is 1. The van der Waals surface area contributed by atoms with Crippen LogP contribution in [0.4, 0.5) is 18.9 Å². The van der Waals surface area contributed by atoms with Gasteiger partial charge in [0.25, 0.3) is 5.91 Å². The Balaban J connectivity index is 2.26. The van der Waals surface area contributed by atoms with Crippen molar-refractivity contribution < 1.29 is 18.0 Å². The van der Waals surface area contributed by atoms with Gasteiger partial charge in [0.2, 0.25) is 0 Å². The summed E-state index contributed by atoms with van der Waals surface area (Å²) in [5.74, 6) is -0.580. The van der Waals surface area contributed by atoms with E-state index in [-0.39, 0.29) is 5.41 Å². The average molecular weight is 307 g/mol. The van der Waals surface area contributed by atoms with Gasteiger partial charge in [0.1, 0.15) is 6.54 Å². The molecular weight excluding hydrogens is 291 g/mol. The van der Waals surface area contributed by atoms with Gasteiger partial charge in [-0.1, -0.05) is 39.0 Å². The van der Waals surface area contributed by atoms with Crippen molar-refractivity contribution in [2.45, 2.75) is 32.4 Å². The molecule has 0 unspecified atom stereocenters. The summed E-state index contributed by atoms with van der Waals surface area (Å²) in [6.07, 6.45) is -4.42. The Morgan fingerprint density at radius 3 is 2.32 bits per heavy atom. The minimum atomic E-state index is -4.42. The fourth-order valence-electron chi connectivity index (χ4n) is 3.04. The Labute approximate surface area is 126 Å². The molecule has 2 aromatic rings. The summed E-state index contributed by atoms with van der Waals surface area (Å²) < 4.78 is 38.3. The molecule has 0 aliphatic carbocycles. The first-order chi connectivity index (χ1) is 10.1. The molecule has 22 heavy (non-hydrogen) atoms. The Hall–Kier alpha value is -2.04. The number of nitrogens with zero attached hydrogens (tertiary/aromatic N) is 1. The first-order valence-electron chi connectivity index (χ1n) is 7.04. The third-order valence-electron chi connectivity index (χ3n) is 3.93. The number of anilines is 1. The van der Waals surface area contributed by atoms with Crippen molar-refractivity contribution in [3.63, 3.8) is 0 Å². The molecule has 3 rings (SSSR count). The Kier molecular flexibility index (Phi) is 3.03. The van der Waals surface area contributed by atoms with E-state index in [1.54, 1.807) is 18.2 Å². The van der Waals surface area contributed by atoms with Gasteiger partial charge in [0.05, 0.1) is 5.69 Å². The number of rotatable bonds is 1. The molecule has 116 valence electrons. The zero-order valence-corrected chi connectivity index (χ0v) is 12.6. The van der Waals surface area contributed by atoms with Crippen LogP contribution in [0.15, 0.2) is 30.3 Å². The lowest BCUT2D eigenvalue weighted by Gasteiger charge is -2.23. The molecule has 0 saturated carbocycles. The number of hydrogen-bond acceptors (Lipinski definition) is 1. The molecule has 0 atom stereocenters. The van der Waals surface area contributed by atoms with Gasteiger partial charge < -0.3 is 0 Å². The van der Waals surface area contributed by atoms with E-state index in [2.05, 4.69) is 0 Å². The van der Waals surface area contributed by atoms with Crippen molar-refractivity contribution in [3.05, 3.63) is 41.5 Å². The van der Waals surface area contributed by atoms with Crippen LogP contribution in [-0.4, -0.2) is 18.6 Å². The molecule has 0 N–H and O–H groups in total. The maximum Gasteiger partial charge on any atom is 0.406 e. The van der Waals surface area contributed by atoms with Crippen molar-refractivity contribution in [1.29, 1.82) is 0 Å². The molecule has 2 nitrogen and oxygen atoms in total. The van der Waals surface area contributed by atoms with Crippen LogP contribution in [0.25, 0.3) is 10.8 Å². The van der Waals surface area contributed by atoms with Crippen molar-refractivity contribution in [2.24, 2.45) is 0 Å². The minimum absolute atomic E-state index is 0.155. The van der Waals surface area contributed by atoms with E-state index in [9.17, 15) is 18.0 Å². The molecule has 5 heteroatoms. The molecule has 0 saturated heterocycles. The number of carbonyl (C=O) groups excluding carboxylic acids is 1. The first-order valence-corrected chi connectivity index (χ1v) is 7.04. The SMILES string of the molecule is CC(C)(C)c1ccc2c3c(cccc13)C(=O)N2CC(F)(F)F. The number of benzene rings is 2. The Morgan fingerprint density at radius 1 is 1.05 bits per heavy atom. The lowest BCUT2D eigenvalue weighted by Crippen LogP contribution is -2.36. The highest BCUT2D eigenvalue weighted by Crippen LogP contribution is 2.42. The third-order valence-corrected chi connectivity index (χ3v) is 3.93. The van der Waals surface area contributed by atoms with Crippen molar-refractivity contribution in [2.75, 3.05) is 11.4 Å². The summed E-state index contributed by atoms with van der Waals surface area (Å²) in [6, 6.07) is 8.64. The van der Waals surface area contributed by atoms with Gasteiger partial charge in [-0.2, -0.15) is 13.2 Å². The molecule has 1 heterocycles. The quantitative estimate of drug-likeness (QED) is 0.750. The second-order valence-electron chi connectivity index (χ2n) is 6.62. The highest BCUT2D eigenvalue weighted by atomic mass is 19.4. The molecule has 1 aliphatic heterocycles. The third kappa shape index (κ3) is 2.25. The van der Waals surface area contributed by atoms with Crippen LogP contribution in [0.5, 0.6) is 0 Å². The molecule has 0 spiro atoms. The highest BCUT2D eigenvalue weighted by Gasteiger charge is 2.39. The average Bonchev–Trinajstić information content (AvgIpc) is 2.64. The van der Waals surface area contributed by atoms with E-state index in [0.29, 0.717) is 16.6 Å². The van der Waals surface area contributed by atoms with E-state index in [1.807, 2.05) is 32.9 Å². The predicted molar refractivity (Wildman–Crippen MR) is 80.4 cm³/mol. The predicted octanol–water partition coefficient (Wildman–Crippen LogP) is 4.66. The lowest BCUT2D eigenvalue weighted by molar-refractivity contribution is -0.118.